The molecule has 0 aliphatic heterocycles. The third-order valence-electron chi connectivity index (χ3n) is 3.83. The van der Waals surface area contributed by atoms with Crippen LogP contribution in [0, 0.1) is 0 Å². The van der Waals surface area contributed by atoms with Crippen LogP contribution in [0.1, 0.15) is 37.4 Å². The Morgan fingerprint density at radius 1 is 1.00 bits per heavy atom. The zero-order valence-electron chi connectivity index (χ0n) is 12.5. The fourth-order valence-electron chi connectivity index (χ4n) is 2.69. The molecule has 3 aromatic rings. The Morgan fingerprint density at radius 2 is 1.86 bits per heavy atom. The van der Waals surface area contributed by atoms with Gasteiger partial charge in [-0.15, -0.1) is 5.10 Å². The van der Waals surface area contributed by atoms with Gasteiger partial charge in [0.05, 0.1) is 12.2 Å². The Balaban J connectivity index is 1.76. The first kappa shape index (κ1) is 13.8. The van der Waals surface area contributed by atoms with E-state index in [9.17, 15) is 0 Å². The lowest BCUT2D eigenvalue weighted by Gasteiger charge is -2.05. The van der Waals surface area contributed by atoms with Crippen LogP contribution in [0.5, 0.6) is 0 Å². The molecule has 0 N–H and O–H groups in total. The predicted molar refractivity (Wildman–Crippen MR) is 86.3 cm³/mol. The second-order valence-electron chi connectivity index (χ2n) is 5.50. The molecule has 0 fully saturated rings. The van der Waals surface area contributed by atoms with Crippen molar-refractivity contribution in [1.82, 2.24) is 15.0 Å². The van der Waals surface area contributed by atoms with Crippen LogP contribution < -0.4 is 0 Å². The molecule has 3 rings (SSSR count). The lowest BCUT2D eigenvalue weighted by molar-refractivity contribution is 0.651. The summed E-state index contributed by atoms with van der Waals surface area (Å²) in [5, 5.41) is 11.1. The summed E-state index contributed by atoms with van der Waals surface area (Å²) in [7, 11) is 0. The van der Waals surface area contributed by atoms with Gasteiger partial charge < -0.3 is 0 Å². The molecule has 1 heterocycles. The molecular formula is C18H21N3. The summed E-state index contributed by atoms with van der Waals surface area (Å²) in [5.74, 6) is 0. The lowest BCUT2D eigenvalue weighted by Crippen LogP contribution is -2.01. The summed E-state index contributed by atoms with van der Waals surface area (Å²) in [6.45, 7) is 3.00. The van der Waals surface area contributed by atoms with Crippen molar-refractivity contribution >= 4 is 10.8 Å². The third-order valence-corrected chi connectivity index (χ3v) is 3.83. The van der Waals surface area contributed by atoms with Gasteiger partial charge in [0.25, 0.3) is 0 Å². The highest BCUT2D eigenvalue weighted by Crippen LogP contribution is 2.19. The molecule has 0 saturated heterocycles. The van der Waals surface area contributed by atoms with Gasteiger partial charge in [0.1, 0.15) is 0 Å². The topological polar surface area (TPSA) is 30.7 Å². The Labute approximate surface area is 125 Å². The molecule has 0 saturated carbocycles. The molecule has 0 radical (unpaired) electrons. The minimum Gasteiger partial charge on any atom is -0.248 e. The van der Waals surface area contributed by atoms with Gasteiger partial charge in [-0.25, -0.2) is 4.68 Å². The summed E-state index contributed by atoms with van der Waals surface area (Å²) in [4.78, 5) is 0. The largest absolute Gasteiger partial charge is 0.248 e. The summed E-state index contributed by atoms with van der Waals surface area (Å²) in [5.41, 5.74) is 2.39. The number of hydrogen-bond acceptors (Lipinski definition) is 2. The van der Waals surface area contributed by atoms with E-state index in [-0.39, 0.29) is 0 Å². The van der Waals surface area contributed by atoms with Gasteiger partial charge in [0.2, 0.25) is 0 Å². The third kappa shape index (κ3) is 3.30. The van der Waals surface area contributed by atoms with Crippen LogP contribution in [-0.2, 0) is 13.0 Å². The number of benzene rings is 2. The lowest BCUT2D eigenvalue weighted by atomic mass is 10.0. The number of hydrogen-bond donors (Lipinski definition) is 0. The number of fused-ring (bicyclic) bond motifs is 1. The molecule has 0 aliphatic carbocycles. The van der Waals surface area contributed by atoms with Crippen LogP contribution in [0.4, 0.5) is 0 Å². The normalized spacial score (nSPS) is 11.1. The average molecular weight is 279 g/mol. The van der Waals surface area contributed by atoms with Gasteiger partial charge in [-0.05, 0) is 29.2 Å². The zero-order chi connectivity index (χ0) is 14.5. The number of nitrogens with zero attached hydrogens (tertiary/aromatic N) is 3. The molecule has 0 bridgehead atoms. The Kier molecular flexibility index (Phi) is 4.29. The van der Waals surface area contributed by atoms with E-state index < -0.39 is 0 Å². The summed E-state index contributed by atoms with van der Waals surface area (Å²) in [6, 6.07) is 14.9. The monoisotopic (exact) mass is 279 g/mol. The minimum absolute atomic E-state index is 0.780. The van der Waals surface area contributed by atoms with Gasteiger partial charge in [-0.1, -0.05) is 67.4 Å². The first-order valence-corrected chi connectivity index (χ1v) is 7.72. The van der Waals surface area contributed by atoms with Gasteiger partial charge in [0.15, 0.2) is 0 Å². The highest BCUT2D eigenvalue weighted by atomic mass is 15.4. The molecule has 0 spiro atoms. The highest BCUT2D eigenvalue weighted by Gasteiger charge is 2.04. The van der Waals surface area contributed by atoms with Crippen molar-refractivity contribution in [3.05, 3.63) is 59.9 Å². The van der Waals surface area contributed by atoms with Gasteiger partial charge in [-0.3, -0.25) is 0 Å². The minimum atomic E-state index is 0.780. The van der Waals surface area contributed by atoms with E-state index in [0.29, 0.717) is 0 Å². The molecule has 0 amide bonds. The van der Waals surface area contributed by atoms with E-state index >= 15 is 0 Å². The predicted octanol–water partition coefficient (Wildman–Crippen LogP) is 4.21. The summed E-state index contributed by atoms with van der Waals surface area (Å²) < 4.78 is 1.95. The smallest absolute Gasteiger partial charge is 0.0827 e. The van der Waals surface area contributed by atoms with Crippen LogP contribution in [0.15, 0.2) is 48.7 Å². The van der Waals surface area contributed by atoms with Crippen LogP contribution in [-0.4, -0.2) is 15.0 Å². The van der Waals surface area contributed by atoms with Crippen LogP contribution in [0.3, 0.4) is 0 Å². The summed E-state index contributed by atoms with van der Waals surface area (Å²) in [6.07, 6.45) is 6.81. The van der Waals surface area contributed by atoms with Crippen LogP contribution in [0.25, 0.3) is 10.8 Å². The van der Waals surface area contributed by atoms with Crippen LogP contribution in [0.2, 0.25) is 0 Å². The van der Waals surface area contributed by atoms with E-state index in [1.165, 1.54) is 35.6 Å². The standard InChI is InChI=1S/C18H21N3/c1-2-3-4-11-17-14-21(20-19-17)13-16-10-7-9-15-8-5-6-12-18(15)16/h5-10,12,14H,2-4,11,13H2,1H3. The van der Waals surface area contributed by atoms with Crippen molar-refractivity contribution < 1.29 is 0 Å². The average Bonchev–Trinajstić information content (AvgIpc) is 2.96. The molecule has 0 aliphatic rings. The quantitative estimate of drug-likeness (QED) is 0.633. The molecule has 1 aromatic heterocycles. The first-order chi connectivity index (χ1) is 10.4. The molecule has 3 heteroatoms. The maximum atomic E-state index is 4.28. The number of unbranched alkanes of at least 4 members (excludes halogenated alkanes) is 2. The van der Waals surface area contributed by atoms with Crippen molar-refractivity contribution in [2.75, 3.05) is 0 Å². The molecule has 108 valence electrons. The SMILES string of the molecule is CCCCCc1cn(Cc2cccc3ccccc23)nn1. The molecule has 0 unspecified atom stereocenters. The van der Waals surface area contributed by atoms with Crippen LogP contribution >= 0.6 is 0 Å². The maximum absolute atomic E-state index is 4.28. The van der Waals surface area contributed by atoms with E-state index in [4.69, 9.17) is 0 Å². The molecule has 0 atom stereocenters. The molecule has 3 nitrogen and oxygen atoms in total. The van der Waals surface area contributed by atoms with Gasteiger partial charge in [-0.2, -0.15) is 0 Å². The molecular weight excluding hydrogens is 258 g/mol. The molecule has 21 heavy (non-hydrogen) atoms. The highest BCUT2D eigenvalue weighted by molar-refractivity contribution is 5.85. The fraction of sp³-hybridized carbons (Fsp3) is 0.333. The van der Waals surface area contributed by atoms with Gasteiger partial charge >= 0.3 is 0 Å². The number of aromatic nitrogens is 3. The second kappa shape index (κ2) is 6.53. The van der Waals surface area contributed by atoms with Crippen molar-refractivity contribution in [3.63, 3.8) is 0 Å². The summed E-state index contributed by atoms with van der Waals surface area (Å²) >= 11 is 0. The van der Waals surface area contributed by atoms with Crippen molar-refractivity contribution in [3.8, 4) is 0 Å². The van der Waals surface area contributed by atoms with E-state index in [1.54, 1.807) is 0 Å². The fourth-order valence-corrected chi connectivity index (χ4v) is 2.69. The Hall–Kier alpha value is -2.16. The first-order valence-electron chi connectivity index (χ1n) is 7.72. The van der Waals surface area contributed by atoms with E-state index in [0.717, 1.165) is 18.7 Å². The van der Waals surface area contributed by atoms with E-state index in [2.05, 4.69) is 65.9 Å². The number of rotatable bonds is 6. The Morgan fingerprint density at radius 3 is 2.76 bits per heavy atom. The second-order valence-corrected chi connectivity index (χ2v) is 5.50. The number of aryl methyl sites for hydroxylation is 1. The zero-order valence-corrected chi connectivity index (χ0v) is 12.5. The maximum Gasteiger partial charge on any atom is 0.0827 e. The van der Waals surface area contributed by atoms with Gasteiger partial charge in [0, 0.05) is 6.20 Å². The van der Waals surface area contributed by atoms with E-state index in [1.807, 2.05) is 4.68 Å². The molecule has 2 aromatic carbocycles. The van der Waals surface area contributed by atoms with Crippen molar-refractivity contribution in [2.45, 2.75) is 39.2 Å². The van der Waals surface area contributed by atoms with Crippen molar-refractivity contribution in [2.24, 2.45) is 0 Å². The van der Waals surface area contributed by atoms with Crippen molar-refractivity contribution in [1.29, 1.82) is 0 Å². The Bertz CT molecular complexity index is 710.